The number of hydrogen-bond acceptors (Lipinski definition) is 2. The monoisotopic (exact) mass is 256 g/mol. The summed E-state index contributed by atoms with van der Waals surface area (Å²) in [5, 5.41) is 8.63. The normalized spacial score (nSPS) is 44.6. The molecular formula is C13H17ClO3. The van der Waals surface area contributed by atoms with Crippen molar-refractivity contribution in [2.24, 2.45) is 29.1 Å². The van der Waals surface area contributed by atoms with Gasteiger partial charge in [-0.25, -0.2) is 0 Å². The van der Waals surface area contributed by atoms with Crippen LogP contribution in [-0.4, -0.2) is 16.3 Å². The Morgan fingerprint density at radius 1 is 1.06 bits per heavy atom. The van der Waals surface area contributed by atoms with Crippen LogP contribution in [0.2, 0.25) is 0 Å². The van der Waals surface area contributed by atoms with E-state index in [-0.39, 0.29) is 5.41 Å². The van der Waals surface area contributed by atoms with Crippen molar-refractivity contribution in [1.29, 1.82) is 0 Å². The molecule has 3 nitrogen and oxygen atoms in total. The van der Waals surface area contributed by atoms with E-state index in [1.54, 1.807) is 0 Å². The van der Waals surface area contributed by atoms with Crippen molar-refractivity contribution < 1.29 is 14.7 Å². The van der Waals surface area contributed by atoms with Gasteiger partial charge in [-0.05, 0) is 73.3 Å². The van der Waals surface area contributed by atoms with E-state index in [2.05, 4.69) is 0 Å². The Bertz CT molecular complexity index is 328. The number of rotatable bonds is 3. The van der Waals surface area contributed by atoms with E-state index < -0.39 is 17.1 Å². The van der Waals surface area contributed by atoms with Crippen LogP contribution in [0.25, 0.3) is 0 Å². The fourth-order valence-corrected chi connectivity index (χ4v) is 5.46. The molecule has 0 amide bonds. The Morgan fingerprint density at radius 2 is 1.47 bits per heavy atom. The number of aliphatic carboxylic acids is 1. The van der Waals surface area contributed by atoms with Gasteiger partial charge >= 0.3 is 5.97 Å². The molecule has 94 valence electrons. The lowest BCUT2D eigenvalue weighted by Gasteiger charge is -2.58. The lowest BCUT2D eigenvalue weighted by Crippen LogP contribution is -2.52. The second kappa shape index (κ2) is 3.71. The summed E-state index contributed by atoms with van der Waals surface area (Å²) in [7, 11) is 0. The van der Waals surface area contributed by atoms with Gasteiger partial charge in [0.2, 0.25) is 5.24 Å². The average Bonchev–Trinajstić information content (AvgIpc) is 2.11. The molecule has 0 radical (unpaired) electrons. The summed E-state index contributed by atoms with van der Waals surface area (Å²) in [5.74, 6) is -0.0816. The van der Waals surface area contributed by atoms with E-state index in [1.165, 1.54) is 19.3 Å². The Morgan fingerprint density at radius 3 is 1.76 bits per heavy atom. The minimum absolute atomic E-state index is 0.320. The third-order valence-electron chi connectivity index (χ3n) is 5.17. The van der Waals surface area contributed by atoms with E-state index in [4.69, 9.17) is 11.6 Å². The maximum absolute atomic E-state index is 11.5. The first-order valence-corrected chi connectivity index (χ1v) is 6.80. The van der Waals surface area contributed by atoms with Gasteiger partial charge in [0.1, 0.15) is 5.92 Å². The lowest BCUT2D eigenvalue weighted by atomic mass is 9.46. The predicted octanol–water partition coefficient (Wildman–Crippen LogP) is 2.67. The van der Waals surface area contributed by atoms with Crippen molar-refractivity contribution in [1.82, 2.24) is 0 Å². The van der Waals surface area contributed by atoms with Crippen LogP contribution in [0.3, 0.4) is 0 Å². The highest BCUT2D eigenvalue weighted by molar-refractivity contribution is 6.65. The molecule has 1 atom stereocenters. The Labute approximate surface area is 106 Å². The van der Waals surface area contributed by atoms with Crippen LogP contribution in [0, 0.1) is 29.1 Å². The van der Waals surface area contributed by atoms with Gasteiger partial charge in [0.25, 0.3) is 0 Å². The summed E-state index contributed by atoms with van der Waals surface area (Å²) in [6.45, 7) is 0. The van der Waals surface area contributed by atoms with Crippen molar-refractivity contribution in [2.45, 2.75) is 38.5 Å². The molecule has 4 fully saturated rings. The molecule has 0 aromatic rings. The third-order valence-corrected chi connectivity index (χ3v) is 5.39. The molecule has 4 saturated carbocycles. The molecule has 4 heteroatoms. The molecule has 4 aliphatic rings. The Hall–Kier alpha value is -0.570. The van der Waals surface area contributed by atoms with Crippen molar-refractivity contribution in [2.75, 3.05) is 0 Å². The summed E-state index contributed by atoms with van der Waals surface area (Å²) < 4.78 is 0. The zero-order valence-electron chi connectivity index (χ0n) is 9.69. The number of carboxylic acid groups (broad SMARTS) is 1. The SMILES string of the molecule is O=C(O)C(C(=O)Cl)C12CC3CC(CC(C3)C1)C2. The Kier molecular flexibility index (Phi) is 2.51. The first-order chi connectivity index (χ1) is 8.00. The minimum atomic E-state index is -1.02. The molecule has 4 aliphatic carbocycles. The molecule has 4 rings (SSSR count). The maximum Gasteiger partial charge on any atom is 0.315 e. The van der Waals surface area contributed by atoms with E-state index in [9.17, 15) is 14.7 Å². The fourth-order valence-electron chi connectivity index (χ4n) is 5.13. The number of carboxylic acids is 1. The number of carbonyl (C=O) groups excluding carboxylic acids is 1. The smallest absolute Gasteiger partial charge is 0.315 e. The van der Waals surface area contributed by atoms with Gasteiger partial charge < -0.3 is 5.11 Å². The first-order valence-electron chi connectivity index (χ1n) is 6.42. The number of halogens is 1. The van der Waals surface area contributed by atoms with Crippen LogP contribution in [0.4, 0.5) is 0 Å². The molecule has 0 aliphatic heterocycles. The molecule has 0 spiro atoms. The number of carbonyl (C=O) groups is 2. The molecule has 0 heterocycles. The van der Waals surface area contributed by atoms with E-state index >= 15 is 0 Å². The zero-order valence-corrected chi connectivity index (χ0v) is 10.4. The number of hydrogen-bond donors (Lipinski definition) is 1. The second-order valence-electron chi connectivity index (χ2n) is 6.36. The van der Waals surface area contributed by atoms with E-state index in [1.807, 2.05) is 0 Å². The van der Waals surface area contributed by atoms with Crippen LogP contribution in [0.5, 0.6) is 0 Å². The summed E-state index contributed by atoms with van der Waals surface area (Å²) in [5.41, 5.74) is -0.320. The summed E-state index contributed by atoms with van der Waals surface area (Å²) in [6, 6.07) is 0. The molecule has 0 aromatic carbocycles. The van der Waals surface area contributed by atoms with Crippen LogP contribution < -0.4 is 0 Å². The molecule has 1 unspecified atom stereocenters. The fraction of sp³-hybridized carbons (Fsp3) is 0.846. The quantitative estimate of drug-likeness (QED) is 0.624. The molecule has 0 saturated heterocycles. The van der Waals surface area contributed by atoms with Gasteiger partial charge in [-0.3, -0.25) is 9.59 Å². The predicted molar refractivity (Wildman–Crippen MR) is 62.6 cm³/mol. The topological polar surface area (TPSA) is 54.4 Å². The van der Waals surface area contributed by atoms with Gasteiger partial charge in [0.05, 0.1) is 0 Å². The highest BCUT2D eigenvalue weighted by Crippen LogP contribution is 2.63. The van der Waals surface area contributed by atoms with Crippen LogP contribution >= 0.6 is 11.6 Å². The van der Waals surface area contributed by atoms with Crippen molar-refractivity contribution in [3.8, 4) is 0 Å². The standard InChI is InChI=1S/C13H17ClO3/c14-11(15)10(12(16)17)13-4-7-1-8(5-13)3-9(2-7)6-13/h7-10H,1-6H2,(H,16,17). The molecule has 0 aromatic heterocycles. The largest absolute Gasteiger partial charge is 0.481 e. The van der Waals surface area contributed by atoms with Gasteiger partial charge in [0.15, 0.2) is 0 Å². The van der Waals surface area contributed by atoms with Crippen molar-refractivity contribution >= 4 is 22.8 Å². The first kappa shape index (κ1) is 11.5. The molecular weight excluding hydrogens is 240 g/mol. The second-order valence-corrected chi connectivity index (χ2v) is 6.73. The van der Waals surface area contributed by atoms with Gasteiger partial charge in [-0.15, -0.1) is 0 Å². The van der Waals surface area contributed by atoms with Crippen molar-refractivity contribution in [3.05, 3.63) is 0 Å². The summed E-state index contributed by atoms with van der Waals surface area (Å²) >= 11 is 5.56. The average molecular weight is 257 g/mol. The highest BCUT2D eigenvalue weighted by Gasteiger charge is 2.57. The lowest BCUT2D eigenvalue weighted by molar-refractivity contribution is -0.160. The van der Waals surface area contributed by atoms with Gasteiger partial charge in [-0.2, -0.15) is 0 Å². The van der Waals surface area contributed by atoms with E-state index in [0.29, 0.717) is 17.8 Å². The minimum Gasteiger partial charge on any atom is -0.481 e. The third kappa shape index (κ3) is 1.70. The summed E-state index contributed by atoms with van der Waals surface area (Å²) in [4.78, 5) is 22.8. The van der Waals surface area contributed by atoms with Crippen molar-refractivity contribution in [3.63, 3.8) is 0 Å². The van der Waals surface area contributed by atoms with Gasteiger partial charge in [0, 0.05) is 0 Å². The Balaban J connectivity index is 1.95. The van der Waals surface area contributed by atoms with Crippen LogP contribution in [-0.2, 0) is 9.59 Å². The molecule has 1 N–H and O–H groups in total. The molecule has 4 bridgehead atoms. The zero-order chi connectivity index (χ0) is 12.2. The summed E-state index contributed by atoms with van der Waals surface area (Å²) in [6.07, 6.45) is 6.41. The van der Waals surface area contributed by atoms with E-state index in [0.717, 1.165) is 19.3 Å². The van der Waals surface area contributed by atoms with Crippen LogP contribution in [0.15, 0.2) is 0 Å². The highest BCUT2D eigenvalue weighted by atomic mass is 35.5. The maximum atomic E-state index is 11.5. The van der Waals surface area contributed by atoms with Gasteiger partial charge in [-0.1, -0.05) is 0 Å². The molecule has 17 heavy (non-hydrogen) atoms. The van der Waals surface area contributed by atoms with Crippen LogP contribution in [0.1, 0.15) is 38.5 Å².